The highest BCUT2D eigenvalue weighted by Gasteiger charge is 2.46. The van der Waals surface area contributed by atoms with Crippen LogP contribution in [-0.4, -0.2) is 55.7 Å². The fourth-order valence-electron chi connectivity index (χ4n) is 5.05. The third-order valence-electron chi connectivity index (χ3n) is 7.19. The number of amides is 2. The smallest absolute Gasteiger partial charge is 0.497 e. The Morgan fingerprint density at radius 1 is 1.02 bits per heavy atom. The Labute approximate surface area is 235 Å². The second-order valence-electron chi connectivity index (χ2n) is 9.83. The van der Waals surface area contributed by atoms with E-state index in [0.717, 1.165) is 41.3 Å². The molecule has 2 saturated heterocycles. The molecule has 0 spiro atoms. The molecule has 1 unspecified atom stereocenters. The van der Waals surface area contributed by atoms with Gasteiger partial charge in [-0.15, -0.1) is 13.2 Å². The number of carbonyl (C=O) groups excluding carboxylic acids is 2. The number of rotatable bonds is 7. The molecule has 14 heteroatoms. The van der Waals surface area contributed by atoms with E-state index in [1.807, 2.05) is 0 Å². The number of alkyl halides is 3. The van der Waals surface area contributed by atoms with Crippen molar-refractivity contribution in [3.8, 4) is 11.5 Å². The molecule has 0 radical (unpaired) electrons. The Balaban J connectivity index is 1.52. The third kappa shape index (κ3) is 5.53. The Morgan fingerprint density at radius 3 is 2.21 bits per heavy atom. The van der Waals surface area contributed by atoms with Crippen LogP contribution < -0.4 is 25.2 Å². The van der Waals surface area contributed by atoms with E-state index >= 15 is 8.78 Å². The number of aryl methyl sites for hydroxylation is 1. The fourth-order valence-corrected chi connectivity index (χ4v) is 5.05. The molecule has 3 heterocycles. The first-order valence-electron chi connectivity index (χ1n) is 12.7. The average Bonchev–Trinajstić information content (AvgIpc) is 3.18. The maximum Gasteiger partial charge on any atom is 0.573 e. The number of halogens is 5. The van der Waals surface area contributed by atoms with Crippen molar-refractivity contribution < 1.29 is 45.8 Å². The van der Waals surface area contributed by atoms with Crippen molar-refractivity contribution in [1.29, 1.82) is 0 Å². The second-order valence-corrected chi connectivity index (χ2v) is 9.83. The van der Waals surface area contributed by atoms with Crippen LogP contribution in [0.1, 0.15) is 33.4 Å². The lowest BCUT2D eigenvalue weighted by atomic mass is 9.92. The summed E-state index contributed by atoms with van der Waals surface area (Å²) in [5.41, 5.74) is -0.760. The van der Waals surface area contributed by atoms with Gasteiger partial charge in [0.2, 0.25) is 5.91 Å². The monoisotopic (exact) mass is 593 g/mol. The first kappa shape index (κ1) is 29.0. The molecular weight excluding hydrogens is 569 g/mol. The predicted octanol–water partition coefficient (Wildman–Crippen LogP) is 3.84. The minimum atomic E-state index is -4.94. The molecule has 9 nitrogen and oxygen atoms in total. The van der Waals surface area contributed by atoms with E-state index in [2.05, 4.69) is 10.1 Å². The molecule has 0 saturated carbocycles. The van der Waals surface area contributed by atoms with Crippen molar-refractivity contribution in [3.63, 3.8) is 0 Å². The highest BCUT2D eigenvalue weighted by Crippen LogP contribution is 2.37. The summed E-state index contributed by atoms with van der Waals surface area (Å²) in [6, 6.07) is 5.60. The Hall–Kier alpha value is -4.46. The van der Waals surface area contributed by atoms with Crippen LogP contribution in [0, 0.1) is 18.6 Å². The second kappa shape index (κ2) is 11.1. The number of aromatic nitrogens is 1. The van der Waals surface area contributed by atoms with Crippen molar-refractivity contribution >= 4 is 17.5 Å². The minimum absolute atomic E-state index is 0.0147. The molecule has 1 N–H and O–H groups in total. The molecule has 42 heavy (non-hydrogen) atoms. The summed E-state index contributed by atoms with van der Waals surface area (Å²) >= 11 is 0. The van der Waals surface area contributed by atoms with Crippen LogP contribution in [0.3, 0.4) is 0 Å². The summed E-state index contributed by atoms with van der Waals surface area (Å²) in [6.45, 7) is 1.84. The Kier molecular flexibility index (Phi) is 7.66. The zero-order chi connectivity index (χ0) is 30.3. The number of hydrogen-bond acceptors (Lipinski definition) is 6. The molecule has 1 aromatic heterocycles. The van der Waals surface area contributed by atoms with Crippen molar-refractivity contribution in [2.75, 3.05) is 31.8 Å². The van der Waals surface area contributed by atoms with Gasteiger partial charge >= 0.3 is 6.36 Å². The number of nitrogens with one attached hydrogen (secondary N) is 1. The van der Waals surface area contributed by atoms with E-state index in [0.29, 0.717) is 18.8 Å². The molecule has 5 rings (SSSR count). The maximum absolute atomic E-state index is 15.3. The van der Waals surface area contributed by atoms with E-state index in [9.17, 15) is 27.6 Å². The number of nitrogens with zero attached hydrogens (tertiary/aromatic N) is 2. The molecule has 2 fully saturated rings. The summed E-state index contributed by atoms with van der Waals surface area (Å²) in [5.74, 6) is -5.75. The first-order valence-corrected chi connectivity index (χ1v) is 12.7. The minimum Gasteiger partial charge on any atom is -0.497 e. The number of hydrogen-bond donors (Lipinski definition) is 1. The SMILES string of the molecule is COc1cc(F)c([C@@H]2CN(c3c(C)ccn(C4COC4)c3=O)C(=O)C2NC(=O)c2ccc(OC(F)(F)F)cc2)c(F)c1. The van der Waals surface area contributed by atoms with Gasteiger partial charge in [-0.2, -0.15) is 0 Å². The van der Waals surface area contributed by atoms with E-state index < -0.39 is 58.6 Å². The molecule has 222 valence electrons. The summed E-state index contributed by atoms with van der Waals surface area (Å²) in [7, 11) is 1.22. The molecule has 2 aliphatic rings. The van der Waals surface area contributed by atoms with Crippen molar-refractivity contribution in [2.24, 2.45) is 0 Å². The summed E-state index contributed by atoms with van der Waals surface area (Å²) in [4.78, 5) is 41.5. The molecule has 3 aromatic rings. The van der Waals surface area contributed by atoms with Gasteiger partial charge in [-0.05, 0) is 42.8 Å². The third-order valence-corrected chi connectivity index (χ3v) is 7.19. The maximum atomic E-state index is 15.3. The van der Waals surface area contributed by atoms with Crippen LogP contribution in [0.15, 0.2) is 53.5 Å². The lowest BCUT2D eigenvalue weighted by Gasteiger charge is -2.29. The number of carbonyl (C=O) groups is 2. The summed E-state index contributed by atoms with van der Waals surface area (Å²) < 4.78 is 83.4. The molecule has 2 atom stereocenters. The molecule has 0 aliphatic carbocycles. The Morgan fingerprint density at radius 2 is 1.67 bits per heavy atom. The van der Waals surface area contributed by atoms with Crippen molar-refractivity contribution in [2.45, 2.75) is 31.3 Å². The Bertz CT molecular complexity index is 1560. The van der Waals surface area contributed by atoms with Crippen LogP contribution >= 0.6 is 0 Å². The fraction of sp³-hybridized carbons (Fsp3) is 0.321. The number of pyridine rings is 1. The van der Waals surface area contributed by atoms with Gasteiger partial charge in [0.05, 0.1) is 26.4 Å². The molecule has 2 aliphatic heterocycles. The number of methoxy groups -OCH3 is 1. The zero-order valence-electron chi connectivity index (χ0n) is 22.2. The van der Waals surface area contributed by atoms with Crippen LogP contribution in [-0.2, 0) is 9.53 Å². The van der Waals surface area contributed by atoms with Crippen LogP contribution in [0.25, 0.3) is 0 Å². The van der Waals surface area contributed by atoms with Crippen molar-refractivity contribution in [1.82, 2.24) is 9.88 Å². The number of ether oxygens (including phenoxy) is 3. The van der Waals surface area contributed by atoms with Gasteiger partial charge in [0.15, 0.2) is 0 Å². The average molecular weight is 594 g/mol. The quantitative estimate of drug-likeness (QED) is 0.418. The normalized spacial score (nSPS) is 19.0. The van der Waals surface area contributed by atoms with Gasteiger partial charge in [-0.3, -0.25) is 14.4 Å². The molecule has 2 amide bonds. The van der Waals surface area contributed by atoms with Crippen LogP contribution in [0.2, 0.25) is 0 Å². The number of benzene rings is 2. The van der Waals surface area contributed by atoms with E-state index in [4.69, 9.17) is 9.47 Å². The lowest BCUT2D eigenvalue weighted by Crippen LogP contribution is -2.45. The van der Waals surface area contributed by atoms with Gasteiger partial charge in [0.1, 0.15) is 34.9 Å². The van der Waals surface area contributed by atoms with Gasteiger partial charge < -0.3 is 29.0 Å². The largest absolute Gasteiger partial charge is 0.573 e. The highest BCUT2D eigenvalue weighted by molar-refractivity contribution is 6.05. The topological polar surface area (TPSA) is 99.1 Å². The molecule has 0 bridgehead atoms. The standard InChI is InChI=1S/C28H24F5N3O6/c1-14-7-8-35(16-12-41-13-16)27(39)24(14)36-11-19(22-20(29)9-18(40-2)10-21(22)30)23(26(36)38)34-25(37)15-3-5-17(6-4-15)42-28(31,32)33/h3-10,16,19,23H,11-13H2,1-2H3,(H,34,37)/t19-,23?/m0/s1. The van der Waals surface area contributed by atoms with E-state index in [-0.39, 0.29) is 29.6 Å². The molecular formula is C28H24F5N3O6. The highest BCUT2D eigenvalue weighted by atomic mass is 19.4. The van der Waals surface area contributed by atoms with Gasteiger partial charge in [-0.25, -0.2) is 8.78 Å². The lowest BCUT2D eigenvalue weighted by molar-refractivity contribution is -0.274. The predicted molar refractivity (Wildman–Crippen MR) is 138 cm³/mol. The van der Waals surface area contributed by atoms with Crippen LogP contribution in [0.4, 0.5) is 27.6 Å². The summed E-state index contributed by atoms with van der Waals surface area (Å²) in [6.07, 6.45) is -3.37. The molecule has 2 aromatic carbocycles. The van der Waals surface area contributed by atoms with Gasteiger partial charge in [-0.1, -0.05) is 0 Å². The van der Waals surface area contributed by atoms with Crippen molar-refractivity contribution in [3.05, 3.63) is 87.3 Å². The van der Waals surface area contributed by atoms with E-state index in [1.54, 1.807) is 19.2 Å². The van der Waals surface area contributed by atoms with Gasteiger partial charge in [0.25, 0.3) is 11.5 Å². The van der Waals surface area contributed by atoms with Gasteiger partial charge in [0, 0.05) is 41.9 Å². The summed E-state index contributed by atoms with van der Waals surface area (Å²) in [5, 5.41) is 2.46. The number of anilines is 1. The zero-order valence-corrected chi connectivity index (χ0v) is 22.2. The van der Waals surface area contributed by atoms with E-state index in [1.165, 1.54) is 11.7 Å². The van der Waals surface area contributed by atoms with Crippen LogP contribution in [0.5, 0.6) is 11.5 Å². The first-order chi connectivity index (χ1) is 19.9.